The number of ketones is 1. The molecule has 4 saturated heterocycles. The molecule has 7 rings (SSSR count). The number of hydrogen-bond acceptors (Lipinski definition) is 19. The van der Waals surface area contributed by atoms with E-state index in [0.717, 1.165) is 25.7 Å². The standard InChI is InChI=1S/C60H91N3O16S/c1-16-45-60(10)47(51(56(69)79-60)80-28-27-63(54(67)39-23-25-61-26-24-39)40-21-22-43(70-13)44(30-40)75-41-19-17-18-20-41)35(4)48(64)33(2)31-59(9,72-15)53(78-57-49(65)42(62(11)12)29-34(3)73-57)36(5)50(37(6)55(68)76-45)77-46-32-58(8,71-14)52(66)38(7)74-46/h21-26,30,33-38,41-42,45-47,49-53,57,65-66H,16-20,27-29,31-32H2,1-15H3/t33-,34-,35-,36?,37-,38+,42+,45-,46+,47+,49-,50+,51+,52+,53-,57+,58-,59-,60-/m1/s1. The van der Waals surface area contributed by atoms with Gasteiger partial charge in [0.15, 0.2) is 29.7 Å². The monoisotopic (exact) mass is 1140 g/mol. The fourth-order valence-electron chi connectivity index (χ4n) is 13.3. The van der Waals surface area contributed by atoms with Gasteiger partial charge in [-0.15, -0.1) is 11.8 Å². The molecule has 0 spiro atoms. The predicted molar refractivity (Wildman–Crippen MR) is 300 cm³/mol. The molecule has 5 aliphatic rings. The molecule has 20 heteroatoms. The third-order valence-electron chi connectivity index (χ3n) is 18.1. The summed E-state index contributed by atoms with van der Waals surface area (Å²) in [6.45, 7) is 18.2. The van der Waals surface area contributed by atoms with E-state index in [1.807, 2.05) is 59.7 Å². The van der Waals surface area contributed by atoms with Crippen molar-refractivity contribution in [3.8, 4) is 11.5 Å². The number of nitrogens with zero attached hydrogens (tertiary/aromatic N) is 3. The van der Waals surface area contributed by atoms with Crippen molar-refractivity contribution in [3.05, 3.63) is 48.3 Å². The largest absolute Gasteiger partial charge is 0.493 e. The van der Waals surface area contributed by atoms with Crippen LogP contribution in [0.4, 0.5) is 5.69 Å². The molecule has 5 fully saturated rings. The van der Waals surface area contributed by atoms with Crippen molar-refractivity contribution in [1.82, 2.24) is 9.88 Å². The van der Waals surface area contributed by atoms with Crippen LogP contribution in [0.1, 0.15) is 131 Å². The van der Waals surface area contributed by atoms with Gasteiger partial charge in [0.05, 0.1) is 54.7 Å². The number of anilines is 1. The molecule has 19 atom stereocenters. The van der Waals surface area contributed by atoms with E-state index in [0.29, 0.717) is 29.2 Å². The van der Waals surface area contributed by atoms with Crippen LogP contribution in [0.25, 0.3) is 0 Å². The van der Waals surface area contributed by atoms with Crippen molar-refractivity contribution in [2.45, 2.75) is 210 Å². The van der Waals surface area contributed by atoms with Crippen molar-refractivity contribution in [2.75, 3.05) is 52.6 Å². The van der Waals surface area contributed by atoms with Gasteiger partial charge in [0, 0.05) is 92.4 Å². The van der Waals surface area contributed by atoms with E-state index in [1.54, 1.807) is 83.3 Å². The lowest BCUT2D eigenvalue weighted by atomic mass is 9.70. The van der Waals surface area contributed by atoms with Gasteiger partial charge in [0.2, 0.25) is 0 Å². The number of aliphatic hydroxyl groups excluding tert-OH is 2. The number of carbonyl (C=O) groups is 4. The van der Waals surface area contributed by atoms with Gasteiger partial charge in [-0.3, -0.25) is 24.2 Å². The minimum Gasteiger partial charge on any atom is -0.493 e. The van der Waals surface area contributed by atoms with Gasteiger partial charge in [-0.2, -0.15) is 0 Å². The highest BCUT2D eigenvalue weighted by Crippen LogP contribution is 2.50. The fourth-order valence-corrected chi connectivity index (χ4v) is 14.7. The summed E-state index contributed by atoms with van der Waals surface area (Å²) in [6, 6.07) is 8.38. The first kappa shape index (κ1) is 63.6. The summed E-state index contributed by atoms with van der Waals surface area (Å²) in [6.07, 6.45) is -0.312. The summed E-state index contributed by atoms with van der Waals surface area (Å²) < 4.78 is 64.4. The van der Waals surface area contributed by atoms with Crippen molar-refractivity contribution in [3.63, 3.8) is 0 Å². The van der Waals surface area contributed by atoms with Gasteiger partial charge in [-0.05, 0) is 125 Å². The molecule has 1 aliphatic carbocycles. The van der Waals surface area contributed by atoms with Gasteiger partial charge in [0.25, 0.3) is 5.91 Å². The molecule has 2 N–H and O–H groups in total. The summed E-state index contributed by atoms with van der Waals surface area (Å²) in [7, 11) is 8.41. The van der Waals surface area contributed by atoms with Crippen LogP contribution < -0.4 is 14.4 Å². The Kier molecular flexibility index (Phi) is 21.3. The molecule has 19 nitrogen and oxygen atoms in total. The van der Waals surface area contributed by atoms with E-state index in [4.69, 9.17) is 47.4 Å². The minimum absolute atomic E-state index is 0.0221. The first-order chi connectivity index (χ1) is 37.8. The fraction of sp³-hybridized carbons (Fsp3) is 0.750. The third-order valence-corrected chi connectivity index (χ3v) is 19.4. The summed E-state index contributed by atoms with van der Waals surface area (Å²) in [4.78, 5) is 67.6. The Hall–Kier alpha value is -3.96. The first-order valence-corrected chi connectivity index (χ1v) is 29.8. The molecule has 1 unspecified atom stereocenters. The second-order valence-corrected chi connectivity index (χ2v) is 25.2. The lowest BCUT2D eigenvalue weighted by molar-refractivity contribution is -0.319. The number of fused-ring (bicyclic) bond motifs is 1. The molecular formula is C60H91N3O16S. The SMILES string of the molecule is CC[C@H]1OC(=O)[C@H](C)[C@@H](O[C@H]2C[C@@](C)(OC)[C@@H](O)[C@H](C)O2)C(C)[C@@H](O[C@@H]2O[C@H](C)C[C@H](N(C)C)[C@H]2O)[C@](C)(OC)C[C@@H](C)C(=O)[C@H](C)[C@H]2[C@H](SCCN(C(=O)c3ccncc3)c3ccc(OC)c(OC4CCCC4)c3)C(=O)O[C@@]21C. The Bertz CT molecular complexity index is 2420. The number of methoxy groups -OCH3 is 3. The molecule has 80 heavy (non-hydrogen) atoms. The highest BCUT2D eigenvalue weighted by Gasteiger charge is 2.62. The third kappa shape index (κ3) is 13.5. The maximum atomic E-state index is 15.4. The molecule has 1 amide bonds. The van der Waals surface area contributed by atoms with Crippen molar-refractivity contribution >= 4 is 41.1 Å². The van der Waals surface area contributed by atoms with Crippen LogP contribution in [-0.4, -0.2) is 181 Å². The van der Waals surface area contributed by atoms with Crippen molar-refractivity contribution in [1.29, 1.82) is 0 Å². The van der Waals surface area contributed by atoms with Crippen LogP contribution in [-0.2, 0) is 52.3 Å². The Balaban J connectivity index is 1.26. The van der Waals surface area contributed by atoms with E-state index >= 15 is 9.59 Å². The van der Waals surface area contributed by atoms with E-state index in [2.05, 4.69) is 4.98 Å². The Labute approximate surface area is 478 Å². The molecule has 4 aliphatic heterocycles. The predicted octanol–water partition coefficient (Wildman–Crippen LogP) is 7.43. The van der Waals surface area contributed by atoms with Crippen molar-refractivity contribution < 1.29 is 76.8 Å². The van der Waals surface area contributed by atoms with E-state index in [9.17, 15) is 19.8 Å². The summed E-state index contributed by atoms with van der Waals surface area (Å²) in [5, 5.41) is 22.2. The summed E-state index contributed by atoms with van der Waals surface area (Å²) in [5.41, 5.74) is -2.93. The van der Waals surface area contributed by atoms with E-state index < -0.39 is 113 Å². The van der Waals surface area contributed by atoms with Gasteiger partial charge >= 0.3 is 11.9 Å². The molecule has 1 saturated carbocycles. The van der Waals surface area contributed by atoms with Crippen molar-refractivity contribution in [2.24, 2.45) is 29.6 Å². The Morgan fingerprint density at radius 2 is 1.52 bits per heavy atom. The number of ether oxygens (including phenoxy) is 10. The average Bonchev–Trinajstić information content (AvgIpc) is 4.06. The van der Waals surface area contributed by atoms with Crippen LogP contribution in [0.3, 0.4) is 0 Å². The lowest BCUT2D eigenvalue weighted by Gasteiger charge is -2.50. The summed E-state index contributed by atoms with van der Waals surface area (Å²) >= 11 is 1.29. The average molecular weight is 1140 g/mol. The Morgan fingerprint density at radius 1 is 0.850 bits per heavy atom. The summed E-state index contributed by atoms with van der Waals surface area (Å²) in [5.74, 6) is -4.62. The second-order valence-electron chi connectivity index (χ2n) is 23.9. The number of rotatable bonds is 17. The number of esters is 2. The number of benzene rings is 1. The number of likely N-dealkylation sites (N-methyl/N-ethyl adjacent to an activating group) is 1. The minimum atomic E-state index is -1.50. The number of amides is 1. The van der Waals surface area contributed by atoms with Gasteiger partial charge in [-0.25, -0.2) is 0 Å². The van der Waals surface area contributed by atoms with Crippen LogP contribution in [0.5, 0.6) is 11.5 Å². The zero-order valence-electron chi connectivity index (χ0n) is 49.8. The van der Waals surface area contributed by atoms with Crippen LogP contribution in [0, 0.1) is 29.6 Å². The number of carbonyl (C=O) groups excluding carboxylic acids is 4. The molecule has 5 heterocycles. The topological polar surface area (TPSA) is 220 Å². The quantitative estimate of drug-likeness (QED) is 0.147. The zero-order chi connectivity index (χ0) is 58.6. The van der Waals surface area contributed by atoms with Crippen LogP contribution in [0.15, 0.2) is 42.7 Å². The zero-order valence-corrected chi connectivity index (χ0v) is 50.6. The van der Waals surface area contributed by atoms with Crippen LogP contribution >= 0.6 is 11.8 Å². The molecule has 2 aromatic rings. The number of thioether (sulfide) groups is 1. The molecule has 0 bridgehead atoms. The highest BCUT2D eigenvalue weighted by molar-refractivity contribution is 8.00. The van der Waals surface area contributed by atoms with Gasteiger partial charge in [0.1, 0.15) is 29.3 Å². The van der Waals surface area contributed by atoms with Crippen LogP contribution in [0.2, 0.25) is 0 Å². The highest BCUT2D eigenvalue weighted by atomic mass is 32.2. The van der Waals surface area contributed by atoms with E-state index in [-0.39, 0.29) is 61.5 Å². The number of hydrogen-bond donors (Lipinski definition) is 2. The van der Waals surface area contributed by atoms with Gasteiger partial charge in [-0.1, -0.05) is 27.7 Å². The smallest absolute Gasteiger partial charge is 0.320 e. The molecule has 448 valence electrons. The number of cyclic esters (lactones) is 1. The lowest BCUT2D eigenvalue weighted by Crippen LogP contribution is -2.61. The Morgan fingerprint density at radius 3 is 2.15 bits per heavy atom. The first-order valence-electron chi connectivity index (χ1n) is 28.7. The molecule has 0 radical (unpaired) electrons. The molecule has 1 aromatic heterocycles. The number of pyridine rings is 1. The maximum Gasteiger partial charge on any atom is 0.320 e. The van der Waals surface area contributed by atoms with E-state index in [1.165, 1.54) is 26.0 Å². The molecule has 1 aromatic carbocycles. The number of aliphatic hydroxyl groups is 2. The number of aromatic nitrogens is 1. The second kappa shape index (κ2) is 26.7. The normalized spacial score (nSPS) is 38.5. The number of Topliss-reactive ketones (excluding diaryl/α,β-unsaturated/α-hetero) is 1. The molecular weight excluding hydrogens is 1050 g/mol. The maximum absolute atomic E-state index is 15.4. The van der Waals surface area contributed by atoms with Gasteiger partial charge < -0.3 is 67.4 Å².